The Morgan fingerprint density at radius 2 is 1.30 bits per heavy atom. The number of hydroxylamine groups is 3. The lowest BCUT2D eigenvalue weighted by Crippen LogP contribution is -2.50. The topological polar surface area (TPSA) is 75.4 Å². The van der Waals surface area contributed by atoms with E-state index in [4.69, 9.17) is 10.5 Å². The van der Waals surface area contributed by atoms with Gasteiger partial charge in [0, 0.05) is 6.42 Å². The molecule has 5 nitrogen and oxygen atoms in total. The molecule has 0 aromatic heterocycles. The Labute approximate surface area is 187 Å². The normalized spacial score (nSPS) is 15.6. The molecular formula is C25H52N2O3. The minimum atomic E-state index is -0.154. The van der Waals surface area contributed by atoms with Gasteiger partial charge < -0.3 is 20.3 Å². The van der Waals surface area contributed by atoms with Crippen LogP contribution in [0.4, 0.5) is 0 Å². The summed E-state index contributed by atoms with van der Waals surface area (Å²) in [6, 6.07) is 0. The Balaban J connectivity index is 0.000000696. The first-order chi connectivity index (χ1) is 14.4. The predicted molar refractivity (Wildman–Crippen MR) is 128 cm³/mol. The fourth-order valence-electron chi connectivity index (χ4n) is 3.93. The molecule has 0 aromatic rings. The van der Waals surface area contributed by atoms with Gasteiger partial charge in [-0.3, -0.25) is 4.79 Å². The number of morpholine rings is 1. The van der Waals surface area contributed by atoms with Crippen LogP contribution in [0.15, 0.2) is 0 Å². The second-order valence-corrected chi connectivity index (χ2v) is 9.48. The fourth-order valence-corrected chi connectivity index (χ4v) is 3.93. The summed E-state index contributed by atoms with van der Waals surface area (Å²) in [5, 5.41) is 11.6. The molecular weight excluding hydrogens is 376 g/mol. The standard InChI is InChI=1S/C18H37NO.C7H15NO2/c1-17(2)15-13-11-9-7-5-3-4-6-8-10-12-14-16-18(19)20;1-2-3-8(9)4-6-10-7-5-8/h17H,3-16H2,1-2H3,(H2,19,20);2-7H2,1H3. The molecule has 1 rings (SSSR count). The van der Waals surface area contributed by atoms with E-state index >= 15 is 0 Å². The summed E-state index contributed by atoms with van der Waals surface area (Å²) in [5.41, 5.74) is 5.11. The predicted octanol–water partition coefficient (Wildman–Crippen LogP) is 6.33. The lowest BCUT2D eigenvalue weighted by Gasteiger charge is -2.44. The number of carbonyl (C=O) groups excluding carboxylic acids is 1. The second kappa shape index (κ2) is 20.3. The van der Waals surface area contributed by atoms with E-state index < -0.39 is 0 Å². The van der Waals surface area contributed by atoms with Crippen LogP contribution < -0.4 is 5.73 Å². The Morgan fingerprint density at radius 1 is 0.867 bits per heavy atom. The summed E-state index contributed by atoms with van der Waals surface area (Å²) in [4.78, 5) is 10.6. The first-order valence-corrected chi connectivity index (χ1v) is 12.8. The van der Waals surface area contributed by atoms with Crippen LogP contribution in [0, 0.1) is 11.1 Å². The maximum atomic E-state index is 11.6. The van der Waals surface area contributed by atoms with Crippen molar-refractivity contribution in [2.45, 2.75) is 117 Å². The Morgan fingerprint density at radius 3 is 1.70 bits per heavy atom. The maximum absolute atomic E-state index is 11.6. The molecule has 0 aliphatic carbocycles. The molecule has 5 heteroatoms. The van der Waals surface area contributed by atoms with E-state index in [1.54, 1.807) is 0 Å². The van der Waals surface area contributed by atoms with Crippen molar-refractivity contribution in [3.63, 3.8) is 0 Å². The average molecular weight is 429 g/mol. The van der Waals surface area contributed by atoms with Gasteiger partial charge in [0.2, 0.25) is 5.91 Å². The lowest BCUT2D eigenvalue weighted by molar-refractivity contribution is -0.888. The third kappa shape index (κ3) is 20.6. The van der Waals surface area contributed by atoms with Crippen molar-refractivity contribution in [3.8, 4) is 0 Å². The molecule has 1 amide bonds. The molecule has 0 saturated carbocycles. The van der Waals surface area contributed by atoms with E-state index in [0.717, 1.165) is 25.3 Å². The average Bonchev–Trinajstić information content (AvgIpc) is 2.69. The number of hydrogen-bond donors (Lipinski definition) is 1. The van der Waals surface area contributed by atoms with Gasteiger partial charge in [-0.2, -0.15) is 0 Å². The van der Waals surface area contributed by atoms with Gasteiger partial charge in [0.05, 0.1) is 19.8 Å². The van der Waals surface area contributed by atoms with Crippen molar-refractivity contribution in [1.82, 2.24) is 0 Å². The van der Waals surface area contributed by atoms with Crippen molar-refractivity contribution < 1.29 is 14.2 Å². The molecule has 2 N–H and O–H groups in total. The van der Waals surface area contributed by atoms with Gasteiger partial charge in [0.1, 0.15) is 13.1 Å². The van der Waals surface area contributed by atoms with Crippen LogP contribution in [0.1, 0.15) is 117 Å². The molecule has 1 heterocycles. The molecule has 1 aliphatic heterocycles. The van der Waals surface area contributed by atoms with Crippen LogP contribution in [-0.2, 0) is 9.53 Å². The third-order valence-electron chi connectivity index (χ3n) is 5.87. The molecule has 30 heavy (non-hydrogen) atoms. The molecule has 0 bridgehead atoms. The van der Waals surface area contributed by atoms with Crippen molar-refractivity contribution in [1.29, 1.82) is 0 Å². The van der Waals surface area contributed by atoms with Crippen LogP contribution in [0.25, 0.3) is 0 Å². The number of amides is 1. The summed E-state index contributed by atoms with van der Waals surface area (Å²) in [6.07, 6.45) is 19.0. The van der Waals surface area contributed by atoms with E-state index in [0.29, 0.717) is 32.7 Å². The van der Waals surface area contributed by atoms with E-state index in [1.807, 2.05) is 6.92 Å². The molecule has 0 radical (unpaired) electrons. The highest BCUT2D eigenvalue weighted by atomic mass is 16.6. The minimum Gasteiger partial charge on any atom is -0.633 e. The van der Waals surface area contributed by atoms with Crippen molar-refractivity contribution in [2.24, 2.45) is 11.7 Å². The van der Waals surface area contributed by atoms with Crippen LogP contribution in [-0.4, -0.2) is 43.4 Å². The van der Waals surface area contributed by atoms with Crippen molar-refractivity contribution >= 4 is 5.91 Å². The molecule has 0 unspecified atom stereocenters. The smallest absolute Gasteiger partial charge is 0.217 e. The highest BCUT2D eigenvalue weighted by Crippen LogP contribution is 2.14. The quantitative estimate of drug-likeness (QED) is 0.167. The third-order valence-corrected chi connectivity index (χ3v) is 5.87. The zero-order chi connectivity index (χ0) is 22.5. The summed E-state index contributed by atoms with van der Waals surface area (Å²) in [6.45, 7) is 10.0. The number of rotatable bonds is 17. The van der Waals surface area contributed by atoms with E-state index in [2.05, 4.69) is 13.8 Å². The van der Waals surface area contributed by atoms with Crippen LogP contribution in [0.3, 0.4) is 0 Å². The van der Waals surface area contributed by atoms with E-state index in [1.165, 1.54) is 77.0 Å². The lowest BCUT2D eigenvalue weighted by atomic mass is 10.0. The van der Waals surface area contributed by atoms with E-state index in [-0.39, 0.29) is 10.6 Å². The van der Waals surface area contributed by atoms with Crippen LogP contribution >= 0.6 is 0 Å². The highest BCUT2D eigenvalue weighted by Gasteiger charge is 2.19. The number of carbonyl (C=O) groups is 1. The zero-order valence-electron chi connectivity index (χ0n) is 20.5. The molecule has 1 fully saturated rings. The van der Waals surface area contributed by atoms with Crippen LogP contribution in [0.2, 0.25) is 0 Å². The Bertz CT molecular complexity index is 377. The molecule has 180 valence electrons. The number of primary amides is 1. The van der Waals surface area contributed by atoms with Gasteiger partial charge in [-0.25, -0.2) is 0 Å². The van der Waals surface area contributed by atoms with Gasteiger partial charge >= 0.3 is 0 Å². The maximum Gasteiger partial charge on any atom is 0.217 e. The SMILES string of the molecule is CC(C)CCCCCCCCCCCCCCC(N)=O.CCC[N+]1([O-])CCOCC1. The Kier molecular flexibility index (Phi) is 19.8. The van der Waals surface area contributed by atoms with Crippen LogP contribution in [0.5, 0.6) is 0 Å². The number of ether oxygens (including phenoxy) is 1. The van der Waals surface area contributed by atoms with E-state index in [9.17, 15) is 10.0 Å². The molecule has 1 saturated heterocycles. The number of unbranched alkanes of at least 4 members (excludes halogenated alkanes) is 11. The zero-order valence-corrected chi connectivity index (χ0v) is 20.5. The van der Waals surface area contributed by atoms with Gasteiger partial charge in [-0.1, -0.05) is 97.8 Å². The fraction of sp³-hybridized carbons (Fsp3) is 0.960. The molecule has 0 atom stereocenters. The number of quaternary nitrogens is 1. The number of nitrogens with zero attached hydrogens (tertiary/aromatic N) is 1. The van der Waals surface area contributed by atoms with Gasteiger partial charge in [0.15, 0.2) is 0 Å². The van der Waals surface area contributed by atoms with Gasteiger partial charge in [-0.15, -0.1) is 0 Å². The highest BCUT2D eigenvalue weighted by molar-refractivity contribution is 5.73. The van der Waals surface area contributed by atoms with Crippen molar-refractivity contribution in [2.75, 3.05) is 32.8 Å². The van der Waals surface area contributed by atoms with Gasteiger partial charge in [0.25, 0.3) is 0 Å². The first-order valence-electron chi connectivity index (χ1n) is 12.8. The molecule has 1 aliphatic rings. The van der Waals surface area contributed by atoms with Crippen molar-refractivity contribution in [3.05, 3.63) is 5.21 Å². The summed E-state index contributed by atoms with van der Waals surface area (Å²) >= 11 is 0. The second-order valence-electron chi connectivity index (χ2n) is 9.48. The monoisotopic (exact) mass is 428 g/mol. The molecule has 0 aromatic carbocycles. The molecule has 0 spiro atoms. The first kappa shape index (κ1) is 29.4. The summed E-state index contributed by atoms with van der Waals surface area (Å²) < 4.78 is 5.06. The largest absolute Gasteiger partial charge is 0.633 e. The summed E-state index contributed by atoms with van der Waals surface area (Å²) in [5.74, 6) is 0.719. The van der Waals surface area contributed by atoms with Gasteiger partial charge in [-0.05, 0) is 18.8 Å². The minimum absolute atomic E-state index is 0.0312. The summed E-state index contributed by atoms with van der Waals surface area (Å²) in [7, 11) is 0. The number of nitrogens with two attached hydrogens (primary N) is 1. The Hall–Kier alpha value is -0.650. The number of hydrogen-bond acceptors (Lipinski definition) is 3.